The molecule has 78 valence electrons. The minimum absolute atomic E-state index is 0.516. The molecular formula is C10H16N2O2. The van der Waals surface area contributed by atoms with Crippen molar-refractivity contribution in [1.29, 1.82) is 0 Å². The SMILES string of the molecule is CCn1cc(CC(C)(C)C(=O)O)cn1. The molecule has 0 radical (unpaired) electrons. The molecule has 1 heterocycles. The van der Waals surface area contributed by atoms with Gasteiger partial charge in [-0.05, 0) is 32.8 Å². The Morgan fingerprint density at radius 3 is 2.71 bits per heavy atom. The van der Waals surface area contributed by atoms with Crippen LogP contribution < -0.4 is 0 Å². The van der Waals surface area contributed by atoms with E-state index in [0.29, 0.717) is 6.42 Å². The third-order valence-corrected chi connectivity index (χ3v) is 2.24. The predicted octanol–water partition coefficient (Wildman–Crippen LogP) is 1.56. The fraction of sp³-hybridized carbons (Fsp3) is 0.600. The molecule has 0 unspecified atom stereocenters. The highest BCUT2D eigenvalue weighted by Gasteiger charge is 2.27. The normalized spacial score (nSPS) is 11.6. The van der Waals surface area contributed by atoms with Gasteiger partial charge in [0.15, 0.2) is 0 Å². The number of aromatic nitrogens is 2. The molecular weight excluding hydrogens is 180 g/mol. The molecule has 1 aromatic rings. The van der Waals surface area contributed by atoms with Gasteiger partial charge in [0.05, 0.1) is 11.6 Å². The number of carboxylic acids is 1. The zero-order valence-corrected chi connectivity index (χ0v) is 8.82. The van der Waals surface area contributed by atoms with Gasteiger partial charge >= 0.3 is 5.97 Å². The largest absolute Gasteiger partial charge is 0.481 e. The summed E-state index contributed by atoms with van der Waals surface area (Å²) in [7, 11) is 0. The Bertz CT molecular complexity index is 329. The van der Waals surface area contributed by atoms with Crippen LogP contribution in [0, 0.1) is 5.41 Å². The molecule has 0 spiro atoms. The molecule has 0 aromatic carbocycles. The Balaban J connectivity index is 2.73. The maximum Gasteiger partial charge on any atom is 0.309 e. The third-order valence-electron chi connectivity index (χ3n) is 2.24. The summed E-state index contributed by atoms with van der Waals surface area (Å²) in [6, 6.07) is 0. The van der Waals surface area contributed by atoms with Crippen molar-refractivity contribution in [2.45, 2.75) is 33.7 Å². The van der Waals surface area contributed by atoms with Crippen molar-refractivity contribution in [3.63, 3.8) is 0 Å². The quantitative estimate of drug-likeness (QED) is 0.795. The van der Waals surface area contributed by atoms with Crippen LogP contribution in [0.1, 0.15) is 26.3 Å². The van der Waals surface area contributed by atoms with Gasteiger partial charge in [0.1, 0.15) is 0 Å². The van der Waals surface area contributed by atoms with E-state index >= 15 is 0 Å². The molecule has 0 fully saturated rings. The predicted molar refractivity (Wildman–Crippen MR) is 53.0 cm³/mol. The van der Waals surface area contributed by atoms with Crippen LogP contribution in [0.2, 0.25) is 0 Å². The van der Waals surface area contributed by atoms with Crippen molar-refractivity contribution in [2.75, 3.05) is 0 Å². The minimum Gasteiger partial charge on any atom is -0.481 e. The van der Waals surface area contributed by atoms with E-state index in [4.69, 9.17) is 5.11 Å². The topological polar surface area (TPSA) is 55.1 Å². The zero-order valence-electron chi connectivity index (χ0n) is 8.82. The molecule has 0 amide bonds. The average Bonchev–Trinajstić information content (AvgIpc) is 2.51. The van der Waals surface area contributed by atoms with Crippen LogP contribution in [0.15, 0.2) is 12.4 Å². The van der Waals surface area contributed by atoms with E-state index in [9.17, 15) is 4.79 Å². The van der Waals surface area contributed by atoms with Crippen LogP contribution in [0.25, 0.3) is 0 Å². The van der Waals surface area contributed by atoms with Crippen LogP contribution in [0.3, 0.4) is 0 Å². The van der Waals surface area contributed by atoms with Crippen LogP contribution in [-0.2, 0) is 17.8 Å². The molecule has 1 aromatic heterocycles. The van der Waals surface area contributed by atoms with E-state index in [0.717, 1.165) is 12.1 Å². The first-order chi connectivity index (χ1) is 6.45. The summed E-state index contributed by atoms with van der Waals surface area (Å²) >= 11 is 0. The van der Waals surface area contributed by atoms with Gasteiger partial charge in [0, 0.05) is 12.7 Å². The molecule has 0 aliphatic carbocycles. The van der Waals surface area contributed by atoms with Crippen molar-refractivity contribution in [3.05, 3.63) is 18.0 Å². The lowest BCUT2D eigenvalue weighted by molar-refractivity contribution is -0.146. The average molecular weight is 196 g/mol. The van der Waals surface area contributed by atoms with E-state index in [-0.39, 0.29) is 0 Å². The number of hydrogen-bond donors (Lipinski definition) is 1. The first-order valence-electron chi connectivity index (χ1n) is 4.70. The van der Waals surface area contributed by atoms with Crippen LogP contribution in [0.5, 0.6) is 0 Å². The lowest BCUT2D eigenvalue weighted by atomic mass is 9.87. The van der Waals surface area contributed by atoms with Crippen LogP contribution >= 0.6 is 0 Å². The molecule has 4 nitrogen and oxygen atoms in total. The standard InChI is InChI=1S/C10H16N2O2/c1-4-12-7-8(6-11-12)5-10(2,3)9(13)14/h6-7H,4-5H2,1-3H3,(H,13,14). The van der Waals surface area contributed by atoms with Crippen molar-refractivity contribution in [2.24, 2.45) is 5.41 Å². The summed E-state index contributed by atoms with van der Waals surface area (Å²) in [4.78, 5) is 10.9. The Morgan fingerprint density at radius 2 is 2.29 bits per heavy atom. The fourth-order valence-corrected chi connectivity index (χ4v) is 1.26. The summed E-state index contributed by atoms with van der Waals surface area (Å²) in [6.07, 6.45) is 4.14. The molecule has 1 N–H and O–H groups in total. The minimum atomic E-state index is -0.776. The highest BCUT2D eigenvalue weighted by Crippen LogP contribution is 2.21. The number of nitrogens with zero attached hydrogens (tertiary/aromatic N) is 2. The van der Waals surface area contributed by atoms with Gasteiger partial charge in [0.25, 0.3) is 0 Å². The molecule has 0 saturated heterocycles. The number of rotatable bonds is 4. The number of hydrogen-bond acceptors (Lipinski definition) is 2. The molecule has 1 rings (SSSR count). The second kappa shape index (κ2) is 3.82. The number of aliphatic carboxylic acids is 1. The molecule has 4 heteroatoms. The summed E-state index contributed by atoms with van der Waals surface area (Å²) in [5.74, 6) is -0.776. The number of aryl methyl sites for hydroxylation is 1. The molecule has 0 bridgehead atoms. The van der Waals surface area contributed by atoms with E-state index in [2.05, 4.69) is 5.10 Å². The van der Waals surface area contributed by atoms with Gasteiger partial charge in [-0.1, -0.05) is 0 Å². The molecule has 0 atom stereocenters. The molecule has 0 aliphatic heterocycles. The Hall–Kier alpha value is -1.32. The van der Waals surface area contributed by atoms with Gasteiger partial charge in [-0.3, -0.25) is 9.48 Å². The fourth-order valence-electron chi connectivity index (χ4n) is 1.26. The molecule has 14 heavy (non-hydrogen) atoms. The highest BCUT2D eigenvalue weighted by molar-refractivity contribution is 5.73. The van der Waals surface area contributed by atoms with Gasteiger partial charge in [0.2, 0.25) is 0 Å². The lowest BCUT2D eigenvalue weighted by Gasteiger charge is -2.17. The van der Waals surface area contributed by atoms with Crippen molar-refractivity contribution in [1.82, 2.24) is 9.78 Å². The highest BCUT2D eigenvalue weighted by atomic mass is 16.4. The number of carboxylic acid groups (broad SMARTS) is 1. The summed E-state index contributed by atoms with van der Waals surface area (Å²) < 4.78 is 1.80. The van der Waals surface area contributed by atoms with Crippen molar-refractivity contribution in [3.8, 4) is 0 Å². The van der Waals surface area contributed by atoms with Crippen LogP contribution in [0.4, 0.5) is 0 Å². The summed E-state index contributed by atoms with van der Waals surface area (Å²) in [6.45, 7) is 6.25. The summed E-state index contributed by atoms with van der Waals surface area (Å²) in [5.41, 5.74) is 0.251. The lowest BCUT2D eigenvalue weighted by Crippen LogP contribution is -2.25. The van der Waals surface area contributed by atoms with E-state index in [1.165, 1.54) is 0 Å². The van der Waals surface area contributed by atoms with Gasteiger partial charge in [-0.2, -0.15) is 5.10 Å². The van der Waals surface area contributed by atoms with Crippen molar-refractivity contribution < 1.29 is 9.90 Å². The van der Waals surface area contributed by atoms with E-state index < -0.39 is 11.4 Å². The second-order valence-electron chi connectivity index (χ2n) is 4.07. The van der Waals surface area contributed by atoms with Gasteiger partial charge in [-0.15, -0.1) is 0 Å². The summed E-state index contributed by atoms with van der Waals surface area (Å²) in [5, 5.41) is 13.0. The Morgan fingerprint density at radius 1 is 1.64 bits per heavy atom. The zero-order chi connectivity index (χ0) is 10.8. The van der Waals surface area contributed by atoms with Crippen LogP contribution in [-0.4, -0.2) is 20.9 Å². The first-order valence-corrected chi connectivity index (χ1v) is 4.70. The maximum atomic E-state index is 10.9. The van der Waals surface area contributed by atoms with Gasteiger partial charge < -0.3 is 5.11 Å². The molecule has 0 saturated carbocycles. The Kier molecular flexibility index (Phi) is 2.93. The smallest absolute Gasteiger partial charge is 0.309 e. The Labute approximate surface area is 83.5 Å². The third kappa shape index (κ3) is 2.34. The second-order valence-corrected chi connectivity index (χ2v) is 4.07. The number of carbonyl (C=O) groups is 1. The van der Waals surface area contributed by atoms with E-state index in [1.807, 2.05) is 13.1 Å². The van der Waals surface area contributed by atoms with E-state index in [1.54, 1.807) is 24.7 Å². The molecule has 0 aliphatic rings. The maximum absolute atomic E-state index is 10.9. The monoisotopic (exact) mass is 196 g/mol. The van der Waals surface area contributed by atoms with Crippen molar-refractivity contribution >= 4 is 5.97 Å². The first kappa shape index (κ1) is 10.8. The van der Waals surface area contributed by atoms with Gasteiger partial charge in [-0.25, -0.2) is 0 Å².